The van der Waals surface area contributed by atoms with Gasteiger partial charge in [0, 0.05) is 12.0 Å². The summed E-state index contributed by atoms with van der Waals surface area (Å²) in [7, 11) is 2.14. The molecule has 2 aliphatic rings. The Balaban J connectivity index is 1.56. The zero-order chi connectivity index (χ0) is 14.3. The first-order valence-electron chi connectivity index (χ1n) is 7.73. The molecule has 5 nitrogen and oxygen atoms in total. The van der Waals surface area contributed by atoms with Crippen LogP contribution in [0.4, 0.5) is 0 Å². The molecule has 1 aromatic heterocycles. The zero-order valence-electron chi connectivity index (χ0n) is 12.6. The highest BCUT2D eigenvalue weighted by Crippen LogP contribution is 2.45. The predicted molar refractivity (Wildman–Crippen MR) is 75.1 cm³/mol. The summed E-state index contributed by atoms with van der Waals surface area (Å²) in [6.45, 7) is 4.85. The van der Waals surface area contributed by atoms with E-state index >= 15 is 0 Å². The Bertz CT molecular complexity index is 446. The number of nitrogens with zero attached hydrogens (tertiary/aromatic N) is 3. The van der Waals surface area contributed by atoms with Crippen LogP contribution in [0, 0.1) is 11.8 Å². The third-order valence-electron chi connectivity index (χ3n) is 4.95. The zero-order valence-corrected chi connectivity index (χ0v) is 12.6. The Morgan fingerprint density at radius 1 is 1.20 bits per heavy atom. The van der Waals surface area contributed by atoms with E-state index in [1.807, 2.05) is 0 Å². The van der Waals surface area contributed by atoms with Crippen molar-refractivity contribution >= 4 is 0 Å². The minimum absolute atomic E-state index is 0.0548. The number of aliphatic hydroxyl groups excluding tert-OH is 1. The van der Waals surface area contributed by atoms with Crippen molar-refractivity contribution in [2.75, 3.05) is 7.05 Å². The molecule has 1 aromatic rings. The molecule has 2 unspecified atom stereocenters. The standard InChI is InChI=1S/C15H25N3O2/c1-9(2)15-17-16-14(20-15)8-18(3)12-4-10-6-13(19)7-11(10)5-12/h9-13,19H,4-8H2,1-3H3/t10-,11+,12?,13?. The van der Waals surface area contributed by atoms with Gasteiger partial charge in [0.15, 0.2) is 0 Å². The normalized spacial score (nSPS) is 33.3. The van der Waals surface area contributed by atoms with Crippen molar-refractivity contribution in [3.63, 3.8) is 0 Å². The molecule has 0 saturated heterocycles. The molecule has 1 heterocycles. The molecule has 0 aromatic carbocycles. The van der Waals surface area contributed by atoms with Crippen molar-refractivity contribution in [2.45, 2.75) is 64.1 Å². The summed E-state index contributed by atoms with van der Waals surface area (Å²) >= 11 is 0. The van der Waals surface area contributed by atoms with Crippen LogP contribution in [0.1, 0.15) is 57.2 Å². The van der Waals surface area contributed by atoms with Crippen LogP contribution in [0.2, 0.25) is 0 Å². The van der Waals surface area contributed by atoms with Gasteiger partial charge in [0.1, 0.15) is 0 Å². The van der Waals surface area contributed by atoms with Crippen LogP contribution in [-0.2, 0) is 6.54 Å². The quantitative estimate of drug-likeness (QED) is 0.915. The van der Waals surface area contributed by atoms with Gasteiger partial charge in [-0.25, -0.2) is 0 Å². The van der Waals surface area contributed by atoms with E-state index in [-0.39, 0.29) is 12.0 Å². The Kier molecular flexibility index (Phi) is 3.82. The van der Waals surface area contributed by atoms with Crippen molar-refractivity contribution < 1.29 is 9.52 Å². The molecule has 2 fully saturated rings. The highest BCUT2D eigenvalue weighted by atomic mass is 16.4. The number of aliphatic hydroxyl groups is 1. The highest BCUT2D eigenvalue weighted by molar-refractivity contribution is 4.95. The molecular weight excluding hydrogens is 254 g/mol. The molecule has 0 bridgehead atoms. The number of fused-ring (bicyclic) bond motifs is 1. The van der Waals surface area contributed by atoms with E-state index in [1.54, 1.807) is 0 Å². The summed E-state index contributed by atoms with van der Waals surface area (Å²) in [6, 6.07) is 0.590. The van der Waals surface area contributed by atoms with Crippen molar-refractivity contribution in [3.05, 3.63) is 11.8 Å². The maximum Gasteiger partial charge on any atom is 0.230 e. The monoisotopic (exact) mass is 279 g/mol. The molecule has 4 atom stereocenters. The molecule has 0 spiro atoms. The topological polar surface area (TPSA) is 62.4 Å². The SMILES string of the molecule is CC(C)c1nnc(CN(C)C2C[C@H]3CC(O)C[C@H]3C2)o1. The third kappa shape index (κ3) is 2.74. The maximum absolute atomic E-state index is 9.70. The summed E-state index contributed by atoms with van der Waals surface area (Å²) in [4.78, 5) is 2.34. The van der Waals surface area contributed by atoms with Gasteiger partial charge in [0.25, 0.3) is 0 Å². The molecule has 0 amide bonds. The van der Waals surface area contributed by atoms with E-state index in [0.717, 1.165) is 25.3 Å². The van der Waals surface area contributed by atoms with E-state index in [0.29, 0.717) is 23.8 Å². The van der Waals surface area contributed by atoms with Gasteiger partial charge in [-0.3, -0.25) is 4.90 Å². The Morgan fingerprint density at radius 2 is 1.85 bits per heavy atom. The van der Waals surface area contributed by atoms with E-state index in [9.17, 15) is 5.11 Å². The third-order valence-corrected chi connectivity index (χ3v) is 4.95. The second-order valence-electron chi connectivity index (χ2n) is 6.87. The molecule has 1 N–H and O–H groups in total. The molecule has 2 aliphatic carbocycles. The van der Waals surface area contributed by atoms with Crippen LogP contribution in [0.25, 0.3) is 0 Å². The molecule has 5 heteroatoms. The summed E-state index contributed by atoms with van der Waals surface area (Å²) in [5, 5.41) is 17.9. The average molecular weight is 279 g/mol. The van der Waals surface area contributed by atoms with E-state index in [1.165, 1.54) is 12.8 Å². The molecule has 0 radical (unpaired) electrons. The predicted octanol–water partition coefficient (Wildman–Crippen LogP) is 2.17. The van der Waals surface area contributed by atoms with Crippen molar-refractivity contribution in [1.82, 2.24) is 15.1 Å². The fourth-order valence-electron chi connectivity index (χ4n) is 3.82. The minimum atomic E-state index is -0.0548. The van der Waals surface area contributed by atoms with E-state index in [4.69, 9.17) is 4.42 Å². The smallest absolute Gasteiger partial charge is 0.230 e. The number of rotatable bonds is 4. The maximum atomic E-state index is 9.70. The second-order valence-corrected chi connectivity index (χ2v) is 6.87. The fraction of sp³-hybridized carbons (Fsp3) is 0.867. The first-order chi connectivity index (χ1) is 9.52. The minimum Gasteiger partial charge on any atom is -0.424 e. The van der Waals surface area contributed by atoms with Crippen LogP contribution in [0.3, 0.4) is 0 Å². The van der Waals surface area contributed by atoms with E-state index in [2.05, 4.69) is 36.0 Å². The number of hydrogen-bond donors (Lipinski definition) is 1. The lowest BCUT2D eigenvalue weighted by atomic mass is 10.0. The van der Waals surface area contributed by atoms with Crippen LogP contribution < -0.4 is 0 Å². The van der Waals surface area contributed by atoms with Gasteiger partial charge < -0.3 is 9.52 Å². The first-order valence-corrected chi connectivity index (χ1v) is 7.73. The Labute approximate surface area is 120 Å². The summed E-state index contributed by atoms with van der Waals surface area (Å²) in [6.07, 6.45) is 4.33. The molecule has 0 aliphatic heterocycles. The molecule has 2 saturated carbocycles. The van der Waals surface area contributed by atoms with Crippen LogP contribution in [0.15, 0.2) is 4.42 Å². The summed E-state index contributed by atoms with van der Waals surface area (Å²) in [5.74, 6) is 3.15. The van der Waals surface area contributed by atoms with Gasteiger partial charge in [0.05, 0.1) is 12.6 Å². The highest BCUT2D eigenvalue weighted by Gasteiger charge is 2.42. The lowest BCUT2D eigenvalue weighted by molar-refractivity contribution is 0.154. The van der Waals surface area contributed by atoms with Gasteiger partial charge in [-0.15, -0.1) is 10.2 Å². The van der Waals surface area contributed by atoms with Gasteiger partial charge in [-0.1, -0.05) is 13.8 Å². The lowest BCUT2D eigenvalue weighted by Gasteiger charge is -2.23. The van der Waals surface area contributed by atoms with Crippen LogP contribution >= 0.6 is 0 Å². The summed E-state index contributed by atoms with van der Waals surface area (Å²) in [5.41, 5.74) is 0. The van der Waals surface area contributed by atoms with Crippen molar-refractivity contribution in [1.29, 1.82) is 0 Å². The molecule has 20 heavy (non-hydrogen) atoms. The first kappa shape index (κ1) is 14.0. The Hall–Kier alpha value is -0.940. The fourth-order valence-corrected chi connectivity index (χ4v) is 3.82. The van der Waals surface area contributed by atoms with Crippen molar-refractivity contribution in [3.8, 4) is 0 Å². The lowest BCUT2D eigenvalue weighted by Crippen LogP contribution is -2.30. The van der Waals surface area contributed by atoms with Gasteiger partial charge in [0.2, 0.25) is 11.8 Å². The van der Waals surface area contributed by atoms with Crippen LogP contribution in [0.5, 0.6) is 0 Å². The van der Waals surface area contributed by atoms with Crippen LogP contribution in [-0.4, -0.2) is 39.4 Å². The largest absolute Gasteiger partial charge is 0.424 e. The Morgan fingerprint density at radius 3 is 2.40 bits per heavy atom. The number of aromatic nitrogens is 2. The summed E-state index contributed by atoms with van der Waals surface area (Å²) < 4.78 is 5.68. The second kappa shape index (κ2) is 5.45. The molecule has 3 rings (SSSR count). The van der Waals surface area contributed by atoms with Crippen molar-refractivity contribution in [2.24, 2.45) is 11.8 Å². The van der Waals surface area contributed by atoms with Gasteiger partial charge in [-0.2, -0.15) is 0 Å². The van der Waals surface area contributed by atoms with E-state index < -0.39 is 0 Å². The van der Waals surface area contributed by atoms with Gasteiger partial charge >= 0.3 is 0 Å². The molecule has 112 valence electrons. The van der Waals surface area contributed by atoms with Gasteiger partial charge in [-0.05, 0) is 44.6 Å². The average Bonchev–Trinajstić information content (AvgIpc) is 3.02. The molecular formula is C15H25N3O2. The number of hydrogen-bond acceptors (Lipinski definition) is 5.